The molecule has 0 spiro atoms. The maximum atomic E-state index is 5.52. The van der Waals surface area contributed by atoms with Crippen molar-refractivity contribution in [3.63, 3.8) is 0 Å². The van der Waals surface area contributed by atoms with Crippen LogP contribution < -0.4 is 14.2 Å². The van der Waals surface area contributed by atoms with Crippen molar-refractivity contribution < 1.29 is 19.0 Å². The number of rotatable bonds is 8. The van der Waals surface area contributed by atoms with E-state index in [9.17, 15) is 0 Å². The molecule has 5 nitrogen and oxygen atoms in total. The lowest BCUT2D eigenvalue weighted by Crippen LogP contribution is -2.04. The van der Waals surface area contributed by atoms with Gasteiger partial charge in [0, 0.05) is 10.0 Å². The Morgan fingerprint density at radius 3 is 2.39 bits per heavy atom. The van der Waals surface area contributed by atoms with Crippen molar-refractivity contribution in [1.29, 1.82) is 0 Å². The van der Waals surface area contributed by atoms with Crippen LogP contribution in [0.1, 0.15) is 5.56 Å². The monoisotopic (exact) mass is 379 g/mol. The minimum atomic E-state index is 0.361. The number of nitrogens with zero attached hydrogens (tertiary/aromatic N) is 1. The molecule has 6 heteroatoms. The quantitative estimate of drug-likeness (QED) is 0.396. The van der Waals surface area contributed by atoms with Gasteiger partial charge in [0.2, 0.25) is 0 Å². The van der Waals surface area contributed by atoms with E-state index in [1.54, 1.807) is 20.4 Å². The Kier molecular flexibility index (Phi) is 6.75. The van der Waals surface area contributed by atoms with Crippen LogP contribution in [0.2, 0.25) is 0 Å². The van der Waals surface area contributed by atoms with Crippen molar-refractivity contribution in [2.45, 2.75) is 0 Å². The zero-order valence-electron chi connectivity index (χ0n) is 13.0. The first kappa shape index (κ1) is 17.1. The van der Waals surface area contributed by atoms with Gasteiger partial charge in [-0.3, -0.25) is 0 Å². The van der Waals surface area contributed by atoms with E-state index >= 15 is 0 Å². The molecule has 0 saturated heterocycles. The zero-order chi connectivity index (χ0) is 16.5. The molecule has 0 aliphatic rings. The number of hydrogen-bond donors (Lipinski definition) is 0. The molecule has 23 heavy (non-hydrogen) atoms. The van der Waals surface area contributed by atoms with Crippen LogP contribution in [-0.2, 0) is 4.84 Å². The van der Waals surface area contributed by atoms with Crippen molar-refractivity contribution in [1.82, 2.24) is 0 Å². The third kappa shape index (κ3) is 5.49. The van der Waals surface area contributed by atoms with Crippen LogP contribution in [0, 0.1) is 0 Å². The minimum Gasteiger partial charge on any atom is -0.493 e. The summed E-state index contributed by atoms with van der Waals surface area (Å²) in [4.78, 5) is 5.18. The average Bonchev–Trinajstić information content (AvgIpc) is 2.59. The van der Waals surface area contributed by atoms with Gasteiger partial charge in [-0.05, 0) is 42.5 Å². The van der Waals surface area contributed by atoms with E-state index in [4.69, 9.17) is 19.0 Å². The van der Waals surface area contributed by atoms with Gasteiger partial charge in [-0.25, -0.2) is 0 Å². The van der Waals surface area contributed by atoms with Crippen LogP contribution in [0.4, 0.5) is 0 Å². The van der Waals surface area contributed by atoms with E-state index in [2.05, 4.69) is 21.1 Å². The molecular formula is C17H18BrNO4. The fourth-order valence-corrected chi connectivity index (χ4v) is 2.08. The fourth-order valence-electron chi connectivity index (χ4n) is 1.81. The van der Waals surface area contributed by atoms with Crippen molar-refractivity contribution >= 4 is 22.1 Å². The van der Waals surface area contributed by atoms with Gasteiger partial charge in [0.15, 0.2) is 18.1 Å². The molecule has 0 unspecified atom stereocenters. The molecule has 0 radical (unpaired) electrons. The van der Waals surface area contributed by atoms with E-state index in [0.717, 1.165) is 15.8 Å². The summed E-state index contributed by atoms with van der Waals surface area (Å²) in [6.07, 6.45) is 1.61. The average molecular weight is 380 g/mol. The summed E-state index contributed by atoms with van der Waals surface area (Å²) in [5.74, 6) is 2.11. The molecule has 0 amide bonds. The molecule has 0 bridgehead atoms. The lowest BCUT2D eigenvalue weighted by atomic mass is 10.2. The van der Waals surface area contributed by atoms with E-state index in [-0.39, 0.29) is 0 Å². The highest BCUT2D eigenvalue weighted by molar-refractivity contribution is 9.10. The standard InChI is InChI=1S/C17H18BrNO4/c1-20-16-8-3-13(11-17(16)21-2)12-19-23-10-9-22-15-6-4-14(18)5-7-15/h3-8,11-12H,9-10H2,1-2H3/b19-12+. The highest BCUT2D eigenvalue weighted by Crippen LogP contribution is 2.26. The lowest BCUT2D eigenvalue weighted by molar-refractivity contribution is 0.108. The molecule has 122 valence electrons. The van der Waals surface area contributed by atoms with Crippen molar-refractivity contribution in [2.75, 3.05) is 27.4 Å². The number of benzene rings is 2. The van der Waals surface area contributed by atoms with Gasteiger partial charge >= 0.3 is 0 Å². The number of hydrogen-bond acceptors (Lipinski definition) is 5. The summed E-state index contributed by atoms with van der Waals surface area (Å²) < 4.78 is 16.9. The Morgan fingerprint density at radius 2 is 1.70 bits per heavy atom. The third-order valence-corrected chi connectivity index (χ3v) is 3.47. The highest BCUT2D eigenvalue weighted by Gasteiger charge is 2.02. The molecule has 0 aliphatic carbocycles. The maximum absolute atomic E-state index is 5.52. The third-order valence-electron chi connectivity index (χ3n) is 2.94. The van der Waals surface area contributed by atoms with E-state index in [1.165, 1.54) is 0 Å². The predicted molar refractivity (Wildman–Crippen MR) is 92.7 cm³/mol. The Morgan fingerprint density at radius 1 is 0.957 bits per heavy atom. The number of halogens is 1. The second kappa shape index (κ2) is 9.05. The zero-order valence-corrected chi connectivity index (χ0v) is 14.6. The van der Waals surface area contributed by atoms with Gasteiger partial charge in [0.05, 0.1) is 20.4 Å². The molecule has 0 fully saturated rings. The Balaban J connectivity index is 1.75. The summed E-state index contributed by atoms with van der Waals surface area (Å²) in [5.41, 5.74) is 0.858. The molecule has 2 rings (SSSR count). The summed E-state index contributed by atoms with van der Waals surface area (Å²) in [6.45, 7) is 0.782. The van der Waals surface area contributed by atoms with Crippen LogP contribution in [0.25, 0.3) is 0 Å². The van der Waals surface area contributed by atoms with Crippen LogP contribution in [-0.4, -0.2) is 33.6 Å². The SMILES string of the molecule is COc1ccc(/C=N/OCCOc2ccc(Br)cc2)cc1OC. The summed E-state index contributed by atoms with van der Waals surface area (Å²) in [5, 5.41) is 3.91. The van der Waals surface area contributed by atoms with Crippen LogP contribution >= 0.6 is 15.9 Å². The second-order valence-electron chi connectivity index (χ2n) is 4.48. The normalized spacial score (nSPS) is 10.6. The van der Waals surface area contributed by atoms with Gasteiger partial charge < -0.3 is 19.0 Å². The van der Waals surface area contributed by atoms with Crippen molar-refractivity contribution in [2.24, 2.45) is 5.16 Å². The number of oxime groups is 1. The van der Waals surface area contributed by atoms with E-state index in [1.807, 2.05) is 42.5 Å². The van der Waals surface area contributed by atoms with E-state index < -0.39 is 0 Å². The number of ether oxygens (including phenoxy) is 3. The summed E-state index contributed by atoms with van der Waals surface area (Å²) >= 11 is 3.37. The van der Waals surface area contributed by atoms with Crippen LogP contribution in [0.3, 0.4) is 0 Å². The molecule has 0 aliphatic heterocycles. The smallest absolute Gasteiger partial charge is 0.161 e. The molecule has 0 atom stereocenters. The Hall–Kier alpha value is -2.21. The van der Waals surface area contributed by atoms with Crippen molar-refractivity contribution in [3.05, 3.63) is 52.5 Å². The summed E-state index contributed by atoms with van der Waals surface area (Å²) in [6, 6.07) is 13.1. The Labute approximate surface area is 143 Å². The van der Waals surface area contributed by atoms with Gasteiger partial charge in [-0.15, -0.1) is 0 Å². The van der Waals surface area contributed by atoms with Gasteiger partial charge in [-0.2, -0.15) is 0 Å². The first-order valence-electron chi connectivity index (χ1n) is 6.98. The summed E-state index contributed by atoms with van der Waals surface area (Å²) in [7, 11) is 3.19. The highest BCUT2D eigenvalue weighted by atomic mass is 79.9. The minimum absolute atomic E-state index is 0.361. The van der Waals surface area contributed by atoms with Crippen LogP contribution in [0.5, 0.6) is 17.2 Å². The Bertz CT molecular complexity index is 644. The molecule has 0 N–H and O–H groups in total. The second-order valence-corrected chi connectivity index (χ2v) is 5.40. The van der Waals surface area contributed by atoms with Gasteiger partial charge in [-0.1, -0.05) is 21.1 Å². The first-order chi connectivity index (χ1) is 11.2. The van der Waals surface area contributed by atoms with Gasteiger partial charge in [0.1, 0.15) is 12.4 Å². The molecule has 0 aromatic heterocycles. The topological polar surface area (TPSA) is 49.3 Å². The van der Waals surface area contributed by atoms with Gasteiger partial charge in [0.25, 0.3) is 0 Å². The molecule has 2 aromatic rings. The number of methoxy groups -OCH3 is 2. The largest absolute Gasteiger partial charge is 0.493 e. The molecule has 2 aromatic carbocycles. The molecule has 0 heterocycles. The molecular weight excluding hydrogens is 362 g/mol. The van der Waals surface area contributed by atoms with E-state index in [0.29, 0.717) is 24.7 Å². The predicted octanol–water partition coefficient (Wildman–Crippen LogP) is 3.90. The fraction of sp³-hybridized carbons (Fsp3) is 0.235. The van der Waals surface area contributed by atoms with Crippen molar-refractivity contribution in [3.8, 4) is 17.2 Å². The first-order valence-corrected chi connectivity index (χ1v) is 7.78. The maximum Gasteiger partial charge on any atom is 0.161 e. The van der Waals surface area contributed by atoms with Crippen LogP contribution in [0.15, 0.2) is 52.1 Å². The lowest BCUT2D eigenvalue weighted by Gasteiger charge is -2.07. The molecule has 0 saturated carbocycles.